The van der Waals surface area contributed by atoms with E-state index in [1.54, 1.807) is 42.0 Å². The predicted molar refractivity (Wildman–Crippen MR) is 121 cm³/mol. The molecule has 1 amide bonds. The number of pyridine rings is 1. The second-order valence-electron chi connectivity index (χ2n) is 8.46. The third kappa shape index (κ3) is 6.00. The van der Waals surface area contributed by atoms with Crippen molar-refractivity contribution in [1.82, 2.24) is 24.9 Å². The van der Waals surface area contributed by atoms with E-state index in [2.05, 4.69) is 15.3 Å². The normalized spacial score (nSPS) is 18.2. The molecule has 0 spiro atoms. The molecule has 3 rings (SSSR count). The average molecular weight is 460 g/mol. The number of rotatable bonds is 9. The summed E-state index contributed by atoms with van der Waals surface area (Å²) in [6, 6.07) is 3.70. The zero-order valence-corrected chi connectivity index (χ0v) is 19.7. The highest BCUT2D eigenvalue weighted by Gasteiger charge is 2.28. The number of carboxylic acid groups (broad SMARTS) is 1. The first-order valence-electron chi connectivity index (χ1n) is 11.5. The van der Waals surface area contributed by atoms with E-state index >= 15 is 0 Å². The number of amides is 1. The molecule has 1 N–H and O–H groups in total. The molecule has 0 radical (unpaired) electrons. The summed E-state index contributed by atoms with van der Waals surface area (Å²) in [5.74, 6) is -0.540. The molecule has 0 saturated heterocycles. The van der Waals surface area contributed by atoms with E-state index in [0.717, 1.165) is 25.7 Å². The predicted octanol–water partition coefficient (Wildman–Crippen LogP) is 3.66. The minimum Gasteiger partial charge on any atom is -0.489 e. The molecule has 0 unspecified atom stereocenters. The molecule has 0 aliphatic heterocycles. The van der Waals surface area contributed by atoms with Crippen molar-refractivity contribution < 1.29 is 24.2 Å². The summed E-state index contributed by atoms with van der Waals surface area (Å²) in [7, 11) is 3.48. The maximum absolute atomic E-state index is 12.4. The van der Waals surface area contributed by atoms with Gasteiger partial charge in [0.05, 0.1) is 23.9 Å². The van der Waals surface area contributed by atoms with Gasteiger partial charge in [-0.2, -0.15) is 0 Å². The Bertz CT molecular complexity index is 941. The Morgan fingerprint density at radius 3 is 2.67 bits per heavy atom. The SMILES string of the molecule is CCC(CC)N(C)C(=O)OCc1c(-c2ccc(O[C@H]3CCC[C@H](C(=O)O)C3)cn2)nnn1C. The highest BCUT2D eigenvalue weighted by molar-refractivity contribution is 5.70. The maximum atomic E-state index is 12.4. The first kappa shape index (κ1) is 24.5. The summed E-state index contributed by atoms with van der Waals surface area (Å²) in [5.41, 5.74) is 1.76. The number of aryl methyl sites for hydroxylation is 1. The van der Waals surface area contributed by atoms with Gasteiger partial charge >= 0.3 is 12.1 Å². The highest BCUT2D eigenvalue weighted by atomic mass is 16.6. The van der Waals surface area contributed by atoms with Crippen LogP contribution in [0.5, 0.6) is 5.75 Å². The van der Waals surface area contributed by atoms with Crippen LogP contribution in [0.25, 0.3) is 11.4 Å². The van der Waals surface area contributed by atoms with Gasteiger partial charge in [-0.05, 0) is 50.7 Å². The van der Waals surface area contributed by atoms with E-state index in [1.807, 2.05) is 13.8 Å². The van der Waals surface area contributed by atoms with Gasteiger partial charge in [0.15, 0.2) is 0 Å². The van der Waals surface area contributed by atoms with Crippen LogP contribution in [-0.4, -0.2) is 61.2 Å². The van der Waals surface area contributed by atoms with Gasteiger partial charge in [0.25, 0.3) is 0 Å². The van der Waals surface area contributed by atoms with Gasteiger partial charge in [-0.25, -0.2) is 9.48 Å². The molecule has 1 aliphatic rings. The number of aromatic nitrogens is 4. The molecule has 180 valence electrons. The fourth-order valence-electron chi connectivity index (χ4n) is 4.21. The molecule has 2 atom stereocenters. The number of nitrogens with zero attached hydrogens (tertiary/aromatic N) is 5. The van der Waals surface area contributed by atoms with Crippen molar-refractivity contribution in [2.24, 2.45) is 13.0 Å². The number of carbonyl (C=O) groups is 2. The molecule has 0 aromatic carbocycles. The summed E-state index contributed by atoms with van der Waals surface area (Å²) in [6.45, 7) is 4.11. The molecule has 33 heavy (non-hydrogen) atoms. The Hall–Kier alpha value is -3.17. The van der Waals surface area contributed by atoms with Crippen molar-refractivity contribution in [3.05, 3.63) is 24.0 Å². The fraction of sp³-hybridized carbons (Fsp3) is 0.609. The Kier molecular flexibility index (Phi) is 8.24. The second-order valence-corrected chi connectivity index (χ2v) is 8.46. The van der Waals surface area contributed by atoms with Gasteiger partial charge in [0.2, 0.25) is 0 Å². The van der Waals surface area contributed by atoms with Crippen LogP contribution in [-0.2, 0) is 23.2 Å². The molecule has 2 aromatic heterocycles. The van der Waals surface area contributed by atoms with E-state index in [9.17, 15) is 14.7 Å². The topological polar surface area (TPSA) is 120 Å². The van der Waals surface area contributed by atoms with Crippen LogP contribution in [0, 0.1) is 5.92 Å². The lowest BCUT2D eigenvalue weighted by Gasteiger charge is -2.27. The van der Waals surface area contributed by atoms with Crippen molar-refractivity contribution in [2.45, 2.75) is 71.1 Å². The maximum Gasteiger partial charge on any atom is 0.410 e. The summed E-state index contributed by atoms with van der Waals surface area (Å²) in [6.07, 6.45) is 5.66. The van der Waals surface area contributed by atoms with E-state index in [1.165, 1.54) is 0 Å². The molecule has 0 bridgehead atoms. The zero-order valence-electron chi connectivity index (χ0n) is 19.7. The number of ether oxygens (including phenoxy) is 2. The third-order valence-corrected chi connectivity index (χ3v) is 6.31. The molecule has 10 nitrogen and oxygen atoms in total. The Morgan fingerprint density at radius 2 is 2.03 bits per heavy atom. The first-order valence-corrected chi connectivity index (χ1v) is 11.5. The fourth-order valence-corrected chi connectivity index (χ4v) is 4.21. The molecule has 2 heterocycles. The monoisotopic (exact) mass is 459 g/mol. The van der Waals surface area contributed by atoms with Crippen LogP contribution in [0.1, 0.15) is 58.1 Å². The molecular weight excluding hydrogens is 426 g/mol. The van der Waals surface area contributed by atoms with Crippen LogP contribution in [0.4, 0.5) is 4.79 Å². The molecule has 2 aromatic rings. The Labute approximate surface area is 193 Å². The van der Waals surface area contributed by atoms with Crippen molar-refractivity contribution in [3.8, 4) is 17.1 Å². The van der Waals surface area contributed by atoms with Crippen LogP contribution in [0.15, 0.2) is 18.3 Å². The number of carbonyl (C=O) groups excluding carboxylic acids is 1. The summed E-state index contributed by atoms with van der Waals surface area (Å²) < 4.78 is 13.1. The van der Waals surface area contributed by atoms with Crippen LogP contribution in [0.3, 0.4) is 0 Å². The summed E-state index contributed by atoms with van der Waals surface area (Å²) in [4.78, 5) is 29.8. The molecule has 1 fully saturated rings. The number of aliphatic carboxylic acids is 1. The quantitative estimate of drug-likeness (QED) is 0.603. The van der Waals surface area contributed by atoms with Gasteiger partial charge in [-0.1, -0.05) is 19.1 Å². The van der Waals surface area contributed by atoms with Crippen LogP contribution < -0.4 is 4.74 Å². The van der Waals surface area contributed by atoms with E-state index < -0.39 is 5.97 Å². The van der Waals surface area contributed by atoms with E-state index in [4.69, 9.17) is 9.47 Å². The average Bonchev–Trinajstić information content (AvgIpc) is 3.19. The lowest BCUT2D eigenvalue weighted by molar-refractivity contribution is -0.143. The lowest BCUT2D eigenvalue weighted by Crippen LogP contribution is -2.36. The lowest BCUT2D eigenvalue weighted by atomic mass is 9.87. The van der Waals surface area contributed by atoms with Crippen molar-refractivity contribution >= 4 is 12.1 Å². The standard InChI is InChI=1S/C23H33N5O5/c1-5-16(6-2)27(3)23(31)32-14-20-21(25-26-28(20)4)19-11-10-18(13-24-19)33-17-9-7-8-15(12-17)22(29)30/h10-11,13,15-17H,5-9,12,14H2,1-4H3,(H,29,30)/t15-,17-/m0/s1. The van der Waals surface area contributed by atoms with Gasteiger partial charge in [0.1, 0.15) is 23.7 Å². The zero-order chi connectivity index (χ0) is 24.0. The van der Waals surface area contributed by atoms with Crippen LogP contribution in [0.2, 0.25) is 0 Å². The molecule has 1 aliphatic carbocycles. The number of hydrogen-bond donors (Lipinski definition) is 1. The Balaban J connectivity index is 1.65. The van der Waals surface area contributed by atoms with E-state index in [-0.39, 0.29) is 30.8 Å². The first-order chi connectivity index (χ1) is 15.8. The summed E-state index contributed by atoms with van der Waals surface area (Å²) >= 11 is 0. The van der Waals surface area contributed by atoms with Crippen LogP contribution >= 0.6 is 0 Å². The van der Waals surface area contributed by atoms with Crippen molar-refractivity contribution in [3.63, 3.8) is 0 Å². The van der Waals surface area contributed by atoms with Gasteiger partial charge in [-0.3, -0.25) is 9.78 Å². The van der Waals surface area contributed by atoms with Gasteiger partial charge < -0.3 is 19.5 Å². The van der Waals surface area contributed by atoms with Crippen molar-refractivity contribution in [2.75, 3.05) is 7.05 Å². The van der Waals surface area contributed by atoms with E-state index in [0.29, 0.717) is 35.7 Å². The second kappa shape index (κ2) is 11.1. The summed E-state index contributed by atoms with van der Waals surface area (Å²) in [5, 5.41) is 17.5. The van der Waals surface area contributed by atoms with Gasteiger partial charge in [0, 0.05) is 20.1 Å². The highest BCUT2D eigenvalue weighted by Crippen LogP contribution is 2.29. The smallest absolute Gasteiger partial charge is 0.410 e. The number of hydrogen-bond acceptors (Lipinski definition) is 7. The molecule has 10 heteroatoms. The Morgan fingerprint density at radius 1 is 1.27 bits per heavy atom. The molecule has 1 saturated carbocycles. The number of carboxylic acids is 1. The van der Waals surface area contributed by atoms with Crippen molar-refractivity contribution in [1.29, 1.82) is 0 Å². The minimum absolute atomic E-state index is 0.0285. The largest absolute Gasteiger partial charge is 0.489 e. The molecular formula is C23H33N5O5. The minimum atomic E-state index is -0.765. The third-order valence-electron chi connectivity index (χ3n) is 6.31. The van der Waals surface area contributed by atoms with Gasteiger partial charge in [-0.15, -0.1) is 5.10 Å².